The van der Waals surface area contributed by atoms with Crippen LogP contribution in [-0.2, 0) is 4.74 Å². The number of carbonyl (C=O) groups is 1. The molecular formula is C20H22O3. The van der Waals surface area contributed by atoms with Gasteiger partial charge in [0.15, 0.2) is 0 Å². The second-order valence-electron chi connectivity index (χ2n) is 6.41. The first-order valence-electron chi connectivity index (χ1n) is 7.52. The summed E-state index contributed by atoms with van der Waals surface area (Å²) >= 11 is 0. The van der Waals surface area contributed by atoms with E-state index in [1.165, 1.54) is 0 Å². The number of benzene rings is 2. The number of ether oxygens (including phenoxy) is 2. The SMILES string of the molecule is C=C(C)c1ccc(C(=O)OC(C)(C)C)cc1Oc1ccccc1. The molecule has 3 nitrogen and oxygen atoms in total. The molecular weight excluding hydrogens is 288 g/mol. The van der Waals surface area contributed by atoms with Gasteiger partial charge in [0.1, 0.15) is 17.1 Å². The average Bonchev–Trinajstić information content (AvgIpc) is 2.46. The molecule has 0 aromatic heterocycles. The summed E-state index contributed by atoms with van der Waals surface area (Å²) in [4.78, 5) is 12.2. The lowest BCUT2D eigenvalue weighted by molar-refractivity contribution is 0.00692. The highest BCUT2D eigenvalue weighted by Crippen LogP contribution is 2.31. The van der Waals surface area contributed by atoms with Crippen LogP contribution in [0.25, 0.3) is 5.57 Å². The zero-order valence-electron chi connectivity index (χ0n) is 14.1. The van der Waals surface area contributed by atoms with E-state index >= 15 is 0 Å². The molecule has 2 rings (SSSR count). The van der Waals surface area contributed by atoms with Crippen LogP contribution in [-0.4, -0.2) is 11.6 Å². The Bertz CT molecular complexity index is 709. The van der Waals surface area contributed by atoms with E-state index in [9.17, 15) is 4.79 Å². The molecule has 0 aliphatic rings. The number of esters is 1. The Morgan fingerprint density at radius 2 is 1.70 bits per heavy atom. The minimum absolute atomic E-state index is 0.372. The quantitative estimate of drug-likeness (QED) is 0.703. The first-order chi connectivity index (χ1) is 10.8. The molecule has 0 amide bonds. The summed E-state index contributed by atoms with van der Waals surface area (Å²) in [5.74, 6) is 0.923. The fourth-order valence-electron chi connectivity index (χ4n) is 2.04. The van der Waals surface area contributed by atoms with Crippen LogP contribution in [0.1, 0.15) is 43.6 Å². The van der Waals surface area contributed by atoms with Gasteiger partial charge in [-0.2, -0.15) is 0 Å². The van der Waals surface area contributed by atoms with Gasteiger partial charge in [-0.15, -0.1) is 0 Å². The van der Waals surface area contributed by atoms with Crippen molar-refractivity contribution in [2.24, 2.45) is 0 Å². The van der Waals surface area contributed by atoms with Gasteiger partial charge in [-0.3, -0.25) is 0 Å². The second-order valence-corrected chi connectivity index (χ2v) is 6.41. The molecule has 0 unspecified atom stereocenters. The largest absolute Gasteiger partial charge is 0.457 e. The van der Waals surface area contributed by atoms with Gasteiger partial charge < -0.3 is 9.47 Å². The molecule has 0 bridgehead atoms. The van der Waals surface area contributed by atoms with E-state index in [0.717, 1.165) is 11.1 Å². The minimum Gasteiger partial charge on any atom is -0.457 e. The van der Waals surface area contributed by atoms with Crippen LogP contribution >= 0.6 is 0 Å². The molecule has 0 heterocycles. The molecule has 0 saturated carbocycles. The van der Waals surface area contributed by atoms with Crippen LogP contribution < -0.4 is 4.74 Å². The summed E-state index contributed by atoms with van der Waals surface area (Å²) in [5, 5.41) is 0. The summed E-state index contributed by atoms with van der Waals surface area (Å²) in [7, 11) is 0. The van der Waals surface area contributed by atoms with Gasteiger partial charge in [0, 0.05) is 5.56 Å². The first kappa shape index (κ1) is 16.8. The van der Waals surface area contributed by atoms with Crippen molar-refractivity contribution in [3.8, 4) is 11.5 Å². The minimum atomic E-state index is -0.537. The molecule has 0 N–H and O–H groups in total. The van der Waals surface area contributed by atoms with Crippen LogP contribution in [0.15, 0.2) is 55.1 Å². The van der Waals surface area contributed by atoms with Crippen LogP contribution in [0.5, 0.6) is 11.5 Å². The normalized spacial score (nSPS) is 11.0. The number of hydrogen-bond acceptors (Lipinski definition) is 3. The fourth-order valence-corrected chi connectivity index (χ4v) is 2.04. The monoisotopic (exact) mass is 310 g/mol. The van der Waals surface area contributed by atoms with Crippen molar-refractivity contribution < 1.29 is 14.3 Å². The Morgan fingerprint density at radius 3 is 2.26 bits per heavy atom. The predicted octanol–water partition coefficient (Wildman–Crippen LogP) is 5.47. The van der Waals surface area contributed by atoms with Crippen molar-refractivity contribution in [2.45, 2.75) is 33.3 Å². The third-order valence-corrected chi connectivity index (χ3v) is 3.05. The molecule has 2 aromatic rings. The lowest BCUT2D eigenvalue weighted by Gasteiger charge is -2.20. The molecule has 0 aliphatic heterocycles. The molecule has 0 saturated heterocycles. The van der Waals surface area contributed by atoms with Crippen molar-refractivity contribution in [3.63, 3.8) is 0 Å². The third kappa shape index (κ3) is 4.71. The van der Waals surface area contributed by atoms with E-state index in [-0.39, 0.29) is 5.97 Å². The predicted molar refractivity (Wildman–Crippen MR) is 92.8 cm³/mol. The van der Waals surface area contributed by atoms with Gasteiger partial charge in [-0.1, -0.05) is 30.8 Å². The van der Waals surface area contributed by atoms with E-state index in [4.69, 9.17) is 9.47 Å². The number of carbonyl (C=O) groups excluding carboxylic acids is 1. The summed E-state index contributed by atoms with van der Waals surface area (Å²) in [6.07, 6.45) is 0. The topological polar surface area (TPSA) is 35.5 Å². The highest BCUT2D eigenvalue weighted by Gasteiger charge is 2.19. The van der Waals surface area contributed by atoms with Crippen LogP contribution in [0.4, 0.5) is 0 Å². The van der Waals surface area contributed by atoms with Gasteiger partial charge in [-0.05, 0) is 57.5 Å². The summed E-state index contributed by atoms with van der Waals surface area (Å²) in [6.45, 7) is 11.4. The third-order valence-electron chi connectivity index (χ3n) is 3.05. The Morgan fingerprint density at radius 1 is 1.04 bits per heavy atom. The Kier molecular flexibility index (Phi) is 4.89. The molecule has 0 aliphatic carbocycles. The Hall–Kier alpha value is -2.55. The van der Waals surface area contributed by atoms with E-state index < -0.39 is 5.60 Å². The molecule has 120 valence electrons. The van der Waals surface area contributed by atoms with Crippen molar-refractivity contribution in [1.82, 2.24) is 0 Å². The molecule has 0 spiro atoms. The number of rotatable bonds is 4. The van der Waals surface area contributed by atoms with Gasteiger partial charge in [0.25, 0.3) is 0 Å². The Balaban J connectivity index is 2.36. The van der Waals surface area contributed by atoms with Crippen LogP contribution in [0.3, 0.4) is 0 Å². The van der Waals surface area contributed by atoms with Crippen molar-refractivity contribution in [2.75, 3.05) is 0 Å². The molecule has 0 fully saturated rings. The molecule has 0 radical (unpaired) electrons. The highest BCUT2D eigenvalue weighted by molar-refractivity contribution is 5.91. The summed E-state index contributed by atoms with van der Waals surface area (Å²) in [5.41, 5.74) is 1.65. The maximum absolute atomic E-state index is 12.2. The van der Waals surface area contributed by atoms with E-state index in [2.05, 4.69) is 6.58 Å². The number of allylic oxidation sites excluding steroid dienone is 1. The first-order valence-corrected chi connectivity index (χ1v) is 7.52. The Labute approximate surface area is 137 Å². The summed E-state index contributed by atoms with van der Waals surface area (Å²) in [6, 6.07) is 14.7. The van der Waals surface area contributed by atoms with Crippen molar-refractivity contribution >= 4 is 11.5 Å². The van der Waals surface area contributed by atoms with E-state index in [0.29, 0.717) is 17.1 Å². The molecule has 23 heavy (non-hydrogen) atoms. The second kappa shape index (κ2) is 6.69. The number of hydrogen-bond donors (Lipinski definition) is 0. The maximum Gasteiger partial charge on any atom is 0.338 e. The molecule has 3 heteroatoms. The number of para-hydroxylation sites is 1. The summed E-state index contributed by atoms with van der Waals surface area (Å²) < 4.78 is 11.3. The fraction of sp³-hybridized carbons (Fsp3) is 0.250. The standard InChI is InChI=1S/C20H22O3/c1-14(2)17-12-11-15(19(21)23-20(3,4)5)13-18(17)22-16-9-7-6-8-10-16/h6-13H,1H2,2-5H3. The highest BCUT2D eigenvalue weighted by atomic mass is 16.6. The zero-order chi connectivity index (χ0) is 17.0. The maximum atomic E-state index is 12.2. The lowest BCUT2D eigenvalue weighted by atomic mass is 10.0. The lowest BCUT2D eigenvalue weighted by Crippen LogP contribution is -2.23. The van der Waals surface area contributed by atoms with Crippen LogP contribution in [0.2, 0.25) is 0 Å². The van der Waals surface area contributed by atoms with Gasteiger partial charge >= 0.3 is 5.97 Å². The molecule has 2 aromatic carbocycles. The van der Waals surface area contributed by atoms with Gasteiger partial charge in [-0.25, -0.2) is 4.79 Å². The van der Waals surface area contributed by atoms with Crippen molar-refractivity contribution in [3.05, 3.63) is 66.2 Å². The van der Waals surface area contributed by atoms with E-state index in [1.54, 1.807) is 12.1 Å². The van der Waals surface area contributed by atoms with Gasteiger partial charge in [0.05, 0.1) is 5.56 Å². The average molecular weight is 310 g/mol. The van der Waals surface area contributed by atoms with Crippen molar-refractivity contribution in [1.29, 1.82) is 0 Å². The molecule has 0 atom stereocenters. The van der Waals surface area contributed by atoms with Crippen LogP contribution in [0, 0.1) is 0 Å². The van der Waals surface area contributed by atoms with E-state index in [1.807, 2.05) is 64.1 Å². The zero-order valence-corrected chi connectivity index (χ0v) is 14.1. The van der Waals surface area contributed by atoms with Gasteiger partial charge in [0.2, 0.25) is 0 Å². The smallest absolute Gasteiger partial charge is 0.338 e.